The van der Waals surface area contributed by atoms with Gasteiger partial charge in [0.25, 0.3) is 0 Å². The zero-order valence-corrected chi connectivity index (χ0v) is 12.4. The first-order valence-electron chi connectivity index (χ1n) is 6.58. The number of amides is 1. The first-order valence-corrected chi connectivity index (χ1v) is 7.35. The Hall–Kier alpha value is -1.47. The van der Waals surface area contributed by atoms with Crippen molar-refractivity contribution >= 4 is 28.4 Å². The fourth-order valence-corrected chi connectivity index (χ4v) is 3.11. The number of nitrogens with zero attached hydrogens (tertiary/aromatic N) is 2. The monoisotopic (exact) mass is 298 g/mol. The minimum atomic E-state index is -1.06. The third kappa shape index (κ3) is 3.16. The lowest BCUT2D eigenvalue weighted by atomic mass is 10.1. The van der Waals surface area contributed by atoms with Crippen molar-refractivity contribution < 1.29 is 19.4 Å². The van der Waals surface area contributed by atoms with E-state index in [9.17, 15) is 14.7 Å². The molecule has 0 saturated carbocycles. The molecule has 0 bridgehead atoms. The summed E-state index contributed by atoms with van der Waals surface area (Å²) in [5, 5.41) is 9.58. The van der Waals surface area contributed by atoms with E-state index in [1.54, 1.807) is 14.0 Å². The summed E-state index contributed by atoms with van der Waals surface area (Å²) in [6, 6.07) is 0. The molecule has 1 aromatic heterocycles. The minimum absolute atomic E-state index is 0.0546. The van der Waals surface area contributed by atoms with E-state index in [4.69, 9.17) is 4.74 Å². The third-order valence-electron chi connectivity index (χ3n) is 3.41. The molecule has 0 spiro atoms. The highest BCUT2D eigenvalue weighted by molar-refractivity contribution is 7.11. The van der Waals surface area contributed by atoms with E-state index in [1.165, 1.54) is 4.90 Å². The third-order valence-corrected chi connectivity index (χ3v) is 4.43. The number of aromatic carboxylic acids is 1. The number of hydrogen-bond acceptors (Lipinski definition) is 5. The molecule has 1 atom stereocenters. The number of hydrogen-bond donors (Lipinski definition) is 1. The molecule has 1 aliphatic rings. The first kappa shape index (κ1) is 14.9. The van der Waals surface area contributed by atoms with E-state index < -0.39 is 5.97 Å². The molecule has 1 fully saturated rings. The highest BCUT2D eigenvalue weighted by atomic mass is 32.1. The van der Waals surface area contributed by atoms with Gasteiger partial charge in [0.2, 0.25) is 5.91 Å². The summed E-state index contributed by atoms with van der Waals surface area (Å²) in [6.45, 7) is 2.33. The van der Waals surface area contributed by atoms with Crippen molar-refractivity contribution in [2.45, 2.75) is 38.7 Å². The van der Waals surface area contributed by atoms with Gasteiger partial charge in [-0.25, -0.2) is 4.79 Å². The minimum Gasteiger partial charge on any atom is -0.478 e. The second kappa shape index (κ2) is 6.32. The van der Waals surface area contributed by atoms with Crippen LogP contribution in [-0.2, 0) is 9.53 Å². The molecular formula is C13H18N2O4S. The molecule has 1 unspecified atom stereocenters. The molecule has 6 nitrogen and oxygen atoms in total. The quantitative estimate of drug-likeness (QED) is 0.920. The molecule has 0 radical (unpaired) electrons. The summed E-state index contributed by atoms with van der Waals surface area (Å²) in [5.41, 5.74) is 0.543. The Morgan fingerprint density at radius 1 is 1.50 bits per heavy atom. The van der Waals surface area contributed by atoms with Crippen LogP contribution in [0.3, 0.4) is 0 Å². The summed E-state index contributed by atoms with van der Waals surface area (Å²) in [6.07, 6.45) is 3.22. The van der Waals surface area contributed by atoms with Crippen molar-refractivity contribution in [1.29, 1.82) is 0 Å². The average Bonchev–Trinajstić information content (AvgIpc) is 2.81. The van der Waals surface area contributed by atoms with Gasteiger partial charge >= 0.3 is 5.97 Å². The standard InChI is InChI=1S/C13H18N2O4S/c1-8-11(13(17)18)12(20-14-8)15(2)10(16)7-9-5-3-4-6-19-9/h9H,3-7H2,1-2H3,(H,17,18). The van der Waals surface area contributed by atoms with Crippen LogP contribution in [0, 0.1) is 6.92 Å². The number of anilines is 1. The van der Waals surface area contributed by atoms with Gasteiger partial charge in [-0.05, 0) is 37.7 Å². The van der Waals surface area contributed by atoms with Crippen molar-refractivity contribution in [2.75, 3.05) is 18.6 Å². The summed E-state index contributed by atoms with van der Waals surface area (Å²) in [4.78, 5) is 24.8. The van der Waals surface area contributed by atoms with E-state index in [2.05, 4.69) is 4.37 Å². The lowest BCUT2D eigenvalue weighted by Crippen LogP contribution is -2.32. The van der Waals surface area contributed by atoms with E-state index in [-0.39, 0.29) is 24.0 Å². The molecule has 1 N–H and O–H groups in total. The molecule has 1 amide bonds. The van der Waals surface area contributed by atoms with Gasteiger partial charge in [0.05, 0.1) is 18.2 Å². The van der Waals surface area contributed by atoms with Gasteiger partial charge < -0.3 is 14.7 Å². The number of carbonyl (C=O) groups is 2. The highest BCUT2D eigenvalue weighted by Gasteiger charge is 2.26. The van der Waals surface area contributed by atoms with Crippen LogP contribution in [0.15, 0.2) is 0 Å². The number of carbonyl (C=O) groups excluding carboxylic acids is 1. The molecule has 1 aliphatic heterocycles. The normalized spacial score (nSPS) is 18.8. The predicted octanol–water partition coefficient (Wildman–Crippen LogP) is 2.07. The predicted molar refractivity (Wildman–Crippen MR) is 75.4 cm³/mol. The van der Waals surface area contributed by atoms with E-state index in [0.717, 1.165) is 30.8 Å². The zero-order chi connectivity index (χ0) is 14.7. The smallest absolute Gasteiger partial charge is 0.340 e. The number of aryl methyl sites for hydroxylation is 1. The molecule has 20 heavy (non-hydrogen) atoms. The van der Waals surface area contributed by atoms with Gasteiger partial charge in [0.15, 0.2) is 0 Å². The van der Waals surface area contributed by atoms with Crippen LogP contribution in [-0.4, -0.2) is 41.1 Å². The van der Waals surface area contributed by atoms with Crippen molar-refractivity contribution in [3.8, 4) is 0 Å². The maximum atomic E-state index is 12.2. The maximum absolute atomic E-state index is 12.2. The highest BCUT2D eigenvalue weighted by Crippen LogP contribution is 2.29. The Morgan fingerprint density at radius 2 is 2.25 bits per heavy atom. The Morgan fingerprint density at radius 3 is 2.85 bits per heavy atom. The van der Waals surface area contributed by atoms with Crippen LogP contribution >= 0.6 is 11.5 Å². The van der Waals surface area contributed by atoms with Gasteiger partial charge in [-0.2, -0.15) is 4.37 Å². The molecule has 1 saturated heterocycles. The lowest BCUT2D eigenvalue weighted by Gasteiger charge is -2.24. The Kier molecular flexibility index (Phi) is 4.72. The molecule has 0 aromatic carbocycles. The second-order valence-electron chi connectivity index (χ2n) is 4.90. The molecule has 2 rings (SSSR count). The fraction of sp³-hybridized carbons (Fsp3) is 0.615. The van der Waals surface area contributed by atoms with E-state index >= 15 is 0 Å². The van der Waals surface area contributed by atoms with Gasteiger partial charge in [-0.15, -0.1) is 0 Å². The summed E-state index contributed by atoms with van der Waals surface area (Å²) in [5.74, 6) is -1.19. The van der Waals surface area contributed by atoms with Crippen LogP contribution in [0.2, 0.25) is 0 Å². The first-order chi connectivity index (χ1) is 9.50. The Bertz CT molecular complexity index is 508. The fourth-order valence-electron chi connectivity index (χ4n) is 2.25. The number of rotatable bonds is 4. The van der Waals surface area contributed by atoms with Crippen LogP contribution in [0.1, 0.15) is 41.7 Å². The van der Waals surface area contributed by atoms with Crippen molar-refractivity contribution in [3.05, 3.63) is 11.3 Å². The molecule has 2 heterocycles. The number of carboxylic acid groups (broad SMARTS) is 1. The molecule has 110 valence electrons. The van der Waals surface area contributed by atoms with Crippen LogP contribution in [0.5, 0.6) is 0 Å². The van der Waals surface area contributed by atoms with E-state index in [0.29, 0.717) is 17.3 Å². The van der Waals surface area contributed by atoms with Crippen molar-refractivity contribution in [2.24, 2.45) is 0 Å². The summed E-state index contributed by atoms with van der Waals surface area (Å²) < 4.78 is 9.57. The zero-order valence-electron chi connectivity index (χ0n) is 11.6. The summed E-state index contributed by atoms with van der Waals surface area (Å²) in [7, 11) is 1.59. The number of carboxylic acids is 1. The van der Waals surface area contributed by atoms with Crippen molar-refractivity contribution in [3.63, 3.8) is 0 Å². The van der Waals surface area contributed by atoms with Gasteiger partial charge in [0, 0.05) is 13.7 Å². The van der Waals surface area contributed by atoms with Crippen LogP contribution < -0.4 is 4.90 Å². The molecule has 0 aliphatic carbocycles. The molecule has 1 aromatic rings. The SMILES string of the molecule is Cc1nsc(N(C)C(=O)CC2CCCCO2)c1C(=O)O. The second-order valence-corrected chi connectivity index (χ2v) is 5.65. The number of aromatic nitrogens is 1. The topological polar surface area (TPSA) is 79.7 Å². The van der Waals surface area contributed by atoms with E-state index in [1.807, 2.05) is 0 Å². The number of ether oxygens (including phenoxy) is 1. The van der Waals surface area contributed by atoms with Crippen molar-refractivity contribution in [1.82, 2.24) is 4.37 Å². The Labute approximate surface area is 121 Å². The average molecular weight is 298 g/mol. The lowest BCUT2D eigenvalue weighted by molar-refractivity contribution is -0.122. The Balaban J connectivity index is 2.08. The maximum Gasteiger partial charge on any atom is 0.340 e. The van der Waals surface area contributed by atoms with Crippen LogP contribution in [0.4, 0.5) is 5.00 Å². The van der Waals surface area contributed by atoms with Gasteiger partial charge in [0.1, 0.15) is 10.6 Å². The van der Waals surface area contributed by atoms with Crippen LogP contribution in [0.25, 0.3) is 0 Å². The molecule has 7 heteroatoms. The van der Waals surface area contributed by atoms with Gasteiger partial charge in [-0.1, -0.05) is 0 Å². The van der Waals surface area contributed by atoms with Gasteiger partial charge in [-0.3, -0.25) is 4.79 Å². The summed E-state index contributed by atoms with van der Waals surface area (Å²) >= 11 is 1.04. The largest absolute Gasteiger partial charge is 0.478 e. The molecular weight excluding hydrogens is 280 g/mol.